The van der Waals surface area contributed by atoms with Crippen molar-refractivity contribution in [2.45, 2.75) is 38.5 Å². The number of halogens is 2. The lowest BCUT2D eigenvalue weighted by Crippen LogP contribution is -2.44. The summed E-state index contributed by atoms with van der Waals surface area (Å²) in [4.78, 5) is 55.3. The first-order valence-electron chi connectivity index (χ1n) is 20.8. The van der Waals surface area contributed by atoms with Crippen LogP contribution in [0.5, 0.6) is 11.6 Å². The Morgan fingerprint density at radius 3 is 2.58 bits per heavy atom. The van der Waals surface area contributed by atoms with E-state index in [9.17, 15) is 19.5 Å². The quantitative estimate of drug-likeness (QED) is 0.0338. The molecule has 0 saturated heterocycles. The second-order valence-corrected chi connectivity index (χ2v) is 16.5. The number of carbonyl (C=O) groups excluding carboxylic acids is 3. The summed E-state index contributed by atoms with van der Waals surface area (Å²) in [6.45, 7) is 1.31. The zero-order valence-electron chi connectivity index (χ0n) is 34.8. The summed E-state index contributed by atoms with van der Waals surface area (Å²) in [6, 6.07) is 32.4. The molecule has 3 amide bonds. The van der Waals surface area contributed by atoms with Crippen molar-refractivity contribution in [2.75, 3.05) is 30.5 Å². The summed E-state index contributed by atoms with van der Waals surface area (Å²) in [6.07, 6.45) is 2.98. The number of H-pyrrole nitrogens is 1. The average molecular weight is 933 g/mol. The van der Waals surface area contributed by atoms with Crippen LogP contribution in [0.25, 0.3) is 10.9 Å². The third kappa shape index (κ3) is 10.7. The molecule has 4 aromatic carbocycles. The van der Waals surface area contributed by atoms with Gasteiger partial charge in [-0.3, -0.25) is 24.0 Å². The molecule has 4 heterocycles. The minimum Gasteiger partial charge on any atom is -0.494 e. The Bertz CT molecular complexity index is 2850. The van der Waals surface area contributed by atoms with Gasteiger partial charge in [0.2, 0.25) is 17.7 Å². The molecule has 0 radical (unpaired) electrons. The molecule has 0 aliphatic carbocycles. The van der Waals surface area contributed by atoms with Crippen LogP contribution >= 0.6 is 34.5 Å². The maximum absolute atomic E-state index is 13.7. The van der Waals surface area contributed by atoms with E-state index in [1.807, 2.05) is 90.3 Å². The van der Waals surface area contributed by atoms with E-state index in [0.29, 0.717) is 64.9 Å². The molecule has 18 heteroatoms. The van der Waals surface area contributed by atoms with E-state index >= 15 is 0 Å². The average Bonchev–Trinajstić information content (AvgIpc) is 4.15. The predicted octanol–water partition coefficient (Wildman–Crippen LogP) is 7.88. The number of fused-ring (bicyclic) bond motifs is 2. The van der Waals surface area contributed by atoms with E-state index in [1.165, 1.54) is 16.2 Å². The Kier molecular flexibility index (Phi) is 14.5. The summed E-state index contributed by atoms with van der Waals surface area (Å²) < 4.78 is 7.52. The number of oxime groups is 1. The smallest absolute Gasteiger partial charge is 0.248 e. The number of aromatic nitrogens is 4. The normalized spacial score (nSPS) is 13.0. The Morgan fingerprint density at radius 1 is 0.954 bits per heavy atom. The molecule has 1 aliphatic rings. The molecular formula is C47H43Cl2N9O6S. The molecular weight excluding hydrogens is 890 g/mol. The van der Waals surface area contributed by atoms with E-state index in [-0.39, 0.29) is 54.8 Å². The van der Waals surface area contributed by atoms with Gasteiger partial charge in [-0.1, -0.05) is 94.8 Å². The van der Waals surface area contributed by atoms with Gasteiger partial charge in [0.05, 0.1) is 29.0 Å². The van der Waals surface area contributed by atoms with Crippen molar-refractivity contribution < 1.29 is 29.1 Å². The number of aryl methyl sites for hydroxylation is 1. The van der Waals surface area contributed by atoms with Gasteiger partial charge in [-0.05, 0) is 53.8 Å². The fourth-order valence-electron chi connectivity index (χ4n) is 7.30. The molecule has 0 bridgehead atoms. The number of nitrogens with one attached hydrogen (secondary N) is 3. The van der Waals surface area contributed by atoms with Gasteiger partial charge in [0, 0.05) is 53.0 Å². The standard InChI is InChI=1S/C47H43Cl2N9O6S/c48-27-41(60)58(45(39-16-8-25-65-39)47(62)51-22-19-30-10-2-1-3-11-30)32-17-18-38(35(49)26-32)63-29-31-28-57(56-54-31)23-20-40(59)50-21-9-24-64-55-43-34-13-5-7-15-37(34)52-44(43)42-33-12-4-6-14-36(33)53-46(42)61/h1-8,10-18,25-26,28,45,53,61H,9,19-24,27,29H2,(H,50,59)(H,51,62)/b55-43+. The van der Waals surface area contributed by atoms with Crippen molar-refractivity contribution in [3.63, 3.8) is 0 Å². The summed E-state index contributed by atoms with van der Waals surface area (Å²) in [7, 11) is 0. The minimum atomic E-state index is -0.980. The van der Waals surface area contributed by atoms with Crippen molar-refractivity contribution in [2.24, 2.45) is 10.1 Å². The third-order valence-electron chi connectivity index (χ3n) is 10.4. The lowest BCUT2D eigenvalue weighted by molar-refractivity contribution is -0.125. The van der Waals surface area contributed by atoms with Crippen LogP contribution in [0.3, 0.4) is 0 Å². The number of nitrogens with zero attached hydrogens (tertiary/aromatic N) is 6. The molecule has 65 heavy (non-hydrogen) atoms. The van der Waals surface area contributed by atoms with E-state index in [4.69, 9.17) is 37.8 Å². The van der Waals surface area contributed by atoms with Crippen molar-refractivity contribution in [3.8, 4) is 11.6 Å². The van der Waals surface area contributed by atoms with Gasteiger partial charge in [-0.2, -0.15) is 0 Å². The molecule has 0 saturated carbocycles. The lowest BCUT2D eigenvalue weighted by Gasteiger charge is -2.30. The van der Waals surface area contributed by atoms with Crippen LogP contribution in [0.4, 0.5) is 11.4 Å². The predicted molar refractivity (Wildman–Crippen MR) is 252 cm³/mol. The first-order chi connectivity index (χ1) is 31.8. The number of aromatic amines is 1. The first kappa shape index (κ1) is 44.6. The van der Waals surface area contributed by atoms with Gasteiger partial charge in [0.15, 0.2) is 5.88 Å². The number of amides is 3. The van der Waals surface area contributed by atoms with Crippen molar-refractivity contribution in [1.29, 1.82) is 0 Å². The minimum absolute atomic E-state index is 0.000471. The second kappa shape index (κ2) is 21.1. The maximum atomic E-state index is 13.7. The number of hydrogen-bond acceptors (Lipinski definition) is 11. The molecule has 8 rings (SSSR count). The number of carbonyl (C=O) groups is 3. The number of ether oxygens (including phenoxy) is 1. The molecule has 1 unspecified atom stereocenters. The summed E-state index contributed by atoms with van der Waals surface area (Å²) in [5.74, 6) is -1.02. The van der Waals surface area contributed by atoms with Gasteiger partial charge in [0.25, 0.3) is 0 Å². The van der Waals surface area contributed by atoms with E-state index < -0.39 is 11.9 Å². The number of benzene rings is 4. The van der Waals surface area contributed by atoms with Gasteiger partial charge < -0.3 is 30.3 Å². The van der Waals surface area contributed by atoms with Crippen LogP contribution < -0.4 is 20.3 Å². The SMILES string of the molecule is O=C(CCn1cc(COc2ccc(N(C(=O)CCl)C(C(=O)NCCc3ccccc3)c3cccs3)cc2Cl)nn1)NCCCO/N=C1/C(c2c(O)[nH]c3ccccc23)=Nc2ccccc21. The highest BCUT2D eigenvalue weighted by Crippen LogP contribution is 2.37. The van der Waals surface area contributed by atoms with Gasteiger partial charge >= 0.3 is 0 Å². The Labute approximate surface area is 387 Å². The molecule has 0 spiro atoms. The largest absolute Gasteiger partial charge is 0.494 e. The number of aromatic hydroxyl groups is 1. The molecule has 332 valence electrons. The molecule has 15 nitrogen and oxygen atoms in total. The Balaban J connectivity index is 0.803. The first-order valence-corrected chi connectivity index (χ1v) is 22.6. The summed E-state index contributed by atoms with van der Waals surface area (Å²) in [5.41, 5.74) is 5.84. The van der Waals surface area contributed by atoms with Crippen LogP contribution in [-0.4, -0.2) is 79.8 Å². The molecule has 3 aromatic heterocycles. The topological polar surface area (TPSA) is 188 Å². The maximum Gasteiger partial charge on any atom is 0.248 e. The highest BCUT2D eigenvalue weighted by Gasteiger charge is 2.34. The fourth-order valence-corrected chi connectivity index (χ4v) is 8.47. The fraction of sp³-hybridized carbons (Fsp3) is 0.213. The van der Waals surface area contributed by atoms with Crippen LogP contribution in [0.1, 0.15) is 46.1 Å². The van der Waals surface area contributed by atoms with Crippen molar-refractivity contribution in [1.82, 2.24) is 30.6 Å². The van der Waals surface area contributed by atoms with E-state index in [0.717, 1.165) is 27.7 Å². The van der Waals surface area contributed by atoms with Crippen LogP contribution in [0, 0.1) is 0 Å². The Hall–Kier alpha value is -7.01. The number of rotatable bonds is 20. The number of alkyl halides is 1. The van der Waals surface area contributed by atoms with E-state index in [2.05, 4.69) is 31.1 Å². The van der Waals surface area contributed by atoms with Crippen molar-refractivity contribution >= 4 is 86.0 Å². The molecule has 0 fully saturated rings. The van der Waals surface area contributed by atoms with Crippen LogP contribution in [0.15, 0.2) is 131 Å². The number of hydrogen-bond donors (Lipinski definition) is 4. The van der Waals surface area contributed by atoms with Crippen LogP contribution in [-0.2, 0) is 38.8 Å². The molecule has 7 aromatic rings. The zero-order chi connectivity index (χ0) is 45.1. The monoisotopic (exact) mass is 931 g/mol. The van der Waals surface area contributed by atoms with Gasteiger partial charge in [-0.15, -0.1) is 28.0 Å². The second-order valence-electron chi connectivity index (χ2n) is 14.8. The van der Waals surface area contributed by atoms with Gasteiger partial charge in [-0.25, -0.2) is 4.99 Å². The highest BCUT2D eigenvalue weighted by molar-refractivity contribution is 7.10. The van der Waals surface area contributed by atoms with Crippen LogP contribution in [0.2, 0.25) is 5.02 Å². The number of aliphatic imine (C=N–C) groups is 1. The highest BCUT2D eigenvalue weighted by atomic mass is 35.5. The van der Waals surface area contributed by atoms with E-state index in [1.54, 1.807) is 35.1 Å². The summed E-state index contributed by atoms with van der Waals surface area (Å²) in [5, 5.41) is 32.3. The Morgan fingerprint density at radius 2 is 1.77 bits per heavy atom. The number of anilines is 1. The summed E-state index contributed by atoms with van der Waals surface area (Å²) >= 11 is 14.1. The molecule has 1 aliphatic heterocycles. The van der Waals surface area contributed by atoms with Gasteiger partial charge in [0.1, 0.15) is 48.0 Å². The number of thiophene rings is 1. The molecule has 4 N–H and O–H groups in total. The lowest BCUT2D eigenvalue weighted by atomic mass is 10.0. The molecule has 1 atom stereocenters. The zero-order valence-corrected chi connectivity index (χ0v) is 37.2. The van der Waals surface area contributed by atoms with Crippen molar-refractivity contribution in [3.05, 3.63) is 153 Å². The number of para-hydroxylation sites is 2. The third-order valence-corrected chi connectivity index (χ3v) is 11.9.